The summed E-state index contributed by atoms with van der Waals surface area (Å²) in [5.41, 5.74) is 25.8. The van der Waals surface area contributed by atoms with Crippen LogP contribution >= 0.6 is 0 Å². The first kappa shape index (κ1) is 51.6. The molecule has 0 N–H and O–H groups in total. The molecule has 6 heterocycles. The van der Waals surface area contributed by atoms with E-state index in [4.69, 9.17) is 13.3 Å². The van der Waals surface area contributed by atoms with E-state index in [1.165, 1.54) is 71.9 Å². The topological polar surface area (TPSA) is 47.6 Å². The molecule has 85 heavy (non-hydrogen) atoms. The van der Waals surface area contributed by atoms with E-state index in [1.807, 2.05) is 0 Å². The second kappa shape index (κ2) is 17.8. The minimum atomic E-state index is -0.274. The SMILES string of the molecule is CC(C)(C)c1ccc(/C=C(/Cc2ccc3c(c2)oc2cc4c(cc23)N(c2ccc(C(C)(C)C)cc2)B2c3cc5oc6ccccc6c5cc3-n3c5ccc(C(C)(C)C)cc5c5c6oc7ccccc7c6c-4c2c53)c2ccc(C(C)(C)C)cc2)cc1. The van der Waals surface area contributed by atoms with Crippen molar-refractivity contribution in [2.75, 3.05) is 4.81 Å². The highest BCUT2D eigenvalue weighted by molar-refractivity contribution is 6.94. The molecule has 0 spiro atoms. The molecule has 16 rings (SSSR count). The van der Waals surface area contributed by atoms with Crippen LogP contribution in [0.4, 0.5) is 11.4 Å². The molecule has 0 radical (unpaired) electrons. The molecule has 0 unspecified atom stereocenters. The molecule has 2 aliphatic rings. The minimum Gasteiger partial charge on any atom is -0.456 e. The van der Waals surface area contributed by atoms with Crippen molar-refractivity contribution in [3.05, 3.63) is 221 Å². The Labute approximate surface area is 497 Å². The van der Waals surface area contributed by atoms with Crippen LogP contribution in [0, 0.1) is 0 Å². The fourth-order valence-electron chi connectivity index (χ4n) is 14.2. The fourth-order valence-corrected chi connectivity index (χ4v) is 14.2. The molecule has 0 atom stereocenters. The number of hydrogen-bond donors (Lipinski definition) is 0. The van der Waals surface area contributed by atoms with Crippen LogP contribution in [-0.4, -0.2) is 11.4 Å². The number of rotatable bonds is 5. The van der Waals surface area contributed by atoms with Crippen molar-refractivity contribution >= 4 is 128 Å². The summed E-state index contributed by atoms with van der Waals surface area (Å²) in [6.45, 7) is 27.2. The number of allylic oxidation sites excluding steroid dienone is 1. The van der Waals surface area contributed by atoms with Crippen molar-refractivity contribution in [2.45, 2.75) is 111 Å². The summed E-state index contributed by atoms with van der Waals surface area (Å²) in [7, 11) is 0. The minimum absolute atomic E-state index is 0.0336. The number of para-hydroxylation sites is 2. The third-order valence-electron chi connectivity index (χ3n) is 18.9. The third-order valence-corrected chi connectivity index (χ3v) is 18.9. The summed E-state index contributed by atoms with van der Waals surface area (Å²) < 4.78 is 24.0. The van der Waals surface area contributed by atoms with Gasteiger partial charge in [0.05, 0.1) is 16.4 Å². The summed E-state index contributed by atoms with van der Waals surface area (Å²) in [6.07, 6.45) is 3.10. The maximum atomic E-state index is 7.33. The van der Waals surface area contributed by atoms with Crippen LogP contribution < -0.4 is 15.7 Å². The first-order valence-electron chi connectivity index (χ1n) is 30.4. The van der Waals surface area contributed by atoms with E-state index >= 15 is 0 Å². The van der Waals surface area contributed by atoms with Crippen molar-refractivity contribution in [1.82, 2.24) is 4.57 Å². The van der Waals surface area contributed by atoms with Gasteiger partial charge in [-0.05, 0) is 156 Å². The quantitative estimate of drug-likeness (QED) is 0.127. The van der Waals surface area contributed by atoms with Gasteiger partial charge in [-0.1, -0.05) is 204 Å². The second-order valence-corrected chi connectivity index (χ2v) is 28.6. The molecule has 10 aromatic carbocycles. The lowest BCUT2D eigenvalue weighted by molar-refractivity contribution is 0.590. The van der Waals surface area contributed by atoms with E-state index in [9.17, 15) is 0 Å². The zero-order chi connectivity index (χ0) is 58.4. The summed E-state index contributed by atoms with van der Waals surface area (Å²) in [5, 5.41) is 8.93. The average molecular weight is 1110 g/mol. The first-order chi connectivity index (χ1) is 40.6. The van der Waals surface area contributed by atoms with Crippen LogP contribution in [0.2, 0.25) is 0 Å². The Balaban J connectivity index is 0.972. The number of benzene rings is 10. The van der Waals surface area contributed by atoms with Crippen LogP contribution in [0.5, 0.6) is 0 Å². The summed E-state index contributed by atoms with van der Waals surface area (Å²) >= 11 is 0. The van der Waals surface area contributed by atoms with Gasteiger partial charge < -0.3 is 22.6 Å². The molecule has 2 aliphatic heterocycles. The molecule has 5 nitrogen and oxygen atoms in total. The Kier molecular flexibility index (Phi) is 10.8. The van der Waals surface area contributed by atoms with Crippen LogP contribution in [0.15, 0.2) is 195 Å². The van der Waals surface area contributed by atoms with Gasteiger partial charge in [0.25, 0.3) is 0 Å². The van der Waals surface area contributed by atoms with E-state index in [0.29, 0.717) is 0 Å². The van der Waals surface area contributed by atoms with E-state index in [-0.39, 0.29) is 28.5 Å². The molecule has 0 amide bonds. The molecular formula is C79H69BN2O3. The Morgan fingerprint density at radius 1 is 0.447 bits per heavy atom. The normalized spacial score (nSPS) is 14.0. The zero-order valence-electron chi connectivity index (χ0n) is 50.8. The van der Waals surface area contributed by atoms with Crippen LogP contribution in [0.3, 0.4) is 0 Å². The highest BCUT2D eigenvalue weighted by Crippen LogP contribution is 2.53. The Hall–Kier alpha value is -9.00. The van der Waals surface area contributed by atoms with E-state index < -0.39 is 0 Å². The molecule has 0 fully saturated rings. The van der Waals surface area contributed by atoms with Gasteiger partial charge in [0.15, 0.2) is 0 Å². The van der Waals surface area contributed by atoms with Crippen molar-refractivity contribution < 1.29 is 13.3 Å². The van der Waals surface area contributed by atoms with Gasteiger partial charge in [0.2, 0.25) is 0 Å². The number of aromatic nitrogens is 1. The van der Waals surface area contributed by atoms with Gasteiger partial charge in [-0.15, -0.1) is 0 Å². The largest absolute Gasteiger partial charge is 0.456 e. The average Bonchev–Trinajstić information content (AvgIpc) is 1.59. The lowest BCUT2D eigenvalue weighted by Gasteiger charge is -2.42. The van der Waals surface area contributed by atoms with Crippen molar-refractivity contribution in [3.63, 3.8) is 0 Å². The smallest absolute Gasteiger partial charge is 0.333 e. The van der Waals surface area contributed by atoms with Crippen molar-refractivity contribution in [1.29, 1.82) is 0 Å². The molecule has 14 aromatic rings. The molecule has 416 valence electrons. The predicted octanol–water partition coefficient (Wildman–Crippen LogP) is 20.7. The molecule has 0 saturated heterocycles. The van der Waals surface area contributed by atoms with Crippen LogP contribution in [0.25, 0.3) is 116 Å². The van der Waals surface area contributed by atoms with Gasteiger partial charge in [0.1, 0.15) is 33.5 Å². The van der Waals surface area contributed by atoms with Gasteiger partial charge in [-0.3, -0.25) is 0 Å². The summed E-state index contributed by atoms with van der Waals surface area (Å²) in [6, 6.07) is 68.3. The molecular weight excluding hydrogens is 1040 g/mol. The van der Waals surface area contributed by atoms with E-state index in [2.05, 4.69) is 281 Å². The van der Waals surface area contributed by atoms with Crippen molar-refractivity contribution in [2.24, 2.45) is 0 Å². The third kappa shape index (κ3) is 7.90. The summed E-state index contributed by atoms with van der Waals surface area (Å²) in [4.78, 5) is 2.63. The molecule has 0 saturated carbocycles. The fraction of sp³-hybridized carbons (Fsp3) is 0.215. The van der Waals surface area contributed by atoms with E-state index in [0.717, 1.165) is 106 Å². The number of furan rings is 3. The van der Waals surface area contributed by atoms with Crippen LogP contribution in [0.1, 0.15) is 122 Å². The second-order valence-electron chi connectivity index (χ2n) is 28.6. The molecule has 0 bridgehead atoms. The predicted molar refractivity (Wildman–Crippen MR) is 361 cm³/mol. The Morgan fingerprint density at radius 3 is 1.67 bits per heavy atom. The first-order valence-corrected chi connectivity index (χ1v) is 30.4. The number of nitrogens with zero attached hydrogens (tertiary/aromatic N) is 2. The van der Waals surface area contributed by atoms with Gasteiger partial charge in [-0.25, -0.2) is 0 Å². The standard InChI is InChI=1S/C79H69BN2O3/c1-76(2,3)49-26-21-45(22-27-49)37-48(47-24-28-50(29-25-47)77(4,5)6)38-46-23-35-55-57-41-63-60(43-68(57)84-67(55)39-46)70-71-56-18-14-16-20-66(56)85-75(71)72-59-40-52(79(10,11)12)32-36-62(59)81-64-42-58-54-17-13-15-19-65(54)83-69(58)44-61(64)80(73(70)74(72)81)82(63)53-33-30-51(31-34-53)78(7,8)9/h13-37,39-44H,38H2,1-12H3/b48-37-. The van der Waals surface area contributed by atoms with E-state index in [1.54, 1.807) is 0 Å². The zero-order valence-corrected chi connectivity index (χ0v) is 50.8. The number of hydrogen-bond acceptors (Lipinski definition) is 4. The highest BCUT2D eigenvalue weighted by Gasteiger charge is 2.47. The molecule has 0 aliphatic carbocycles. The van der Waals surface area contributed by atoms with Gasteiger partial charge in [-0.2, -0.15) is 0 Å². The lowest BCUT2D eigenvalue weighted by Crippen LogP contribution is -2.60. The number of anilines is 2. The maximum absolute atomic E-state index is 7.33. The van der Waals surface area contributed by atoms with Crippen molar-refractivity contribution in [3.8, 4) is 16.8 Å². The maximum Gasteiger partial charge on any atom is 0.333 e. The summed E-state index contributed by atoms with van der Waals surface area (Å²) in [5.74, 6) is 0. The van der Waals surface area contributed by atoms with Crippen LogP contribution in [-0.2, 0) is 28.1 Å². The molecule has 6 heteroatoms. The number of fused-ring (bicyclic) bond motifs is 19. The lowest BCUT2D eigenvalue weighted by atomic mass is 9.43. The monoisotopic (exact) mass is 1100 g/mol. The molecule has 4 aromatic heterocycles. The Morgan fingerprint density at radius 2 is 1.00 bits per heavy atom. The highest BCUT2D eigenvalue weighted by atomic mass is 16.3. The Bertz CT molecular complexity index is 5170. The van der Waals surface area contributed by atoms with Gasteiger partial charge >= 0.3 is 6.85 Å². The van der Waals surface area contributed by atoms with Gasteiger partial charge in [0, 0.05) is 60.3 Å².